The molecule has 0 atom stereocenters. The molecule has 0 fully saturated rings. The molecule has 3 aromatic carbocycles. The lowest BCUT2D eigenvalue weighted by atomic mass is 10.0. The van der Waals surface area contributed by atoms with E-state index in [1.54, 1.807) is 18.2 Å². The number of anilines is 1. The maximum Gasteiger partial charge on any atom is 0.224 e. The summed E-state index contributed by atoms with van der Waals surface area (Å²) < 4.78 is 14.1. The number of rotatable bonds is 6. The van der Waals surface area contributed by atoms with Gasteiger partial charge in [0.1, 0.15) is 5.82 Å². The van der Waals surface area contributed by atoms with Crippen molar-refractivity contribution in [2.24, 2.45) is 0 Å². The van der Waals surface area contributed by atoms with Crippen LogP contribution in [0.25, 0.3) is 33.2 Å². The molecule has 170 valence electrons. The zero-order valence-corrected chi connectivity index (χ0v) is 19.4. The van der Waals surface area contributed by atoms with Crippen molar-refractivity contribution in [1.82, 2.24) is 9.97 Å². The van der Waals surface area contributed by atoms with E-state index in [2.05, 4.69) is 10.3 Å². The van der Waals surface area contributed by atoms with Crippen molar-refractivity contribution in [1.29, 1.82) is 0 Å². The number of carbonyl (C=O) groups excluding carboxylic acids is 1. The predicted molar refractivity (Wildman–Crippen MR) is 137 cm³/mol. The molecule has 34 heavy (non-hydrogen) atoms. The first-order valence-corrected chi connectivity index (χ1v) is 11.6. The highest BCUT2D eigenvalue weighted by Gasteiger charge is 2.16. The van der Waals surface area contributed by atoms with Crippen molar-refractivity contribution >= 4 is 45.0 Å². The number of aromatic nitrogens is 2. The van der Waals surface area contributed by atoms with Gasteiger partial charge in [0.25, 0.3) is 0 Å². The van der Waals surface area contributed by atoms with Crippen LogP contribution >= 0.6 is 11.6 Å². The molecule has 1 amide bonds. The van der Waals surface area contributed by atoms with Gasteiger partial charge in [0.15, 0.2) is 0 Å². The van der Waals surface area contributed by atoms with Crippen molar-refractivity contribution in [3.8, 4) is 11.4 Å². The summed E-state index contributed by atoms with van der Waals surface area (Å²) in [6.07, 6.45) is 1.54. The number of nitrogens with zero attached hydrogens (tertiary/aromatic N) is 1. The molecular formula is C28H23ClFN3O. The summed E-state index contributed by atoms with van der Waals surface area (Å²) in [6, 6.07) is 22.1. The monoisotopic (exact) mass is 471 g/mol. The molecule has 0 saturated heterocycles. The molecule has 0 saturated carbocycles. The lowest BCUT2D eigenvalue weighted by molar-refractivity contribution is -0.116. The van der Waals surface area contributed by atoms with E-state index in [0.717, 1.165) is 44.3 Å². The Hall–Kier alpha value is -3.70. The molecular weight excluding hydrogens is 449 g/mol. The third kappa shape index (κ3) is 4.52. The molecule has 0 aliphatic heterocycles. The highest BCUT2D eigenvalue weighted by molar-refractivity contribution is 6.31. The Morgan fingerprint density at radius 1 is 1.06 bits per heavy atom. The van der Waals surface area contributed by atoms with Crippen LogP contribution in [0.5, 0.6) is 0 Å². The largest absolute Gasteiger partial charge is 0.353 e. The van der Waals surface area contributed by atoms with Crippen molar-refractivity contribution in [2.75, 3.05) is 5.32 Å². The third-order valence-corrected chi connectivity index (χ3v) is 6.42. The van der Waals surface area contributed by atoms with Crippen molar-refractivity contribution in [3.63, 3.8) is 0 Å². The molecule has 4 nitrogen and oxygen atoms in total. The molecule has 5 aromatic rings. The smallest absolute Gasteiger partial charge is 0.224 e. The van der Waals surface area contributed by atoms with Crippen LogP contribution in [0.2, 0.25) is 5.02 Å². The quantitative estimate of drug-likeness (QED) is 0.270. The van der Waals surface area contributed by atoms with Gasteiger partial charge in [0.2, 0.25) is 5.91 Å². The normalized spacial score (nSPS) is 11.3. The van der Waals surface area contributed by atoms with Crippen LogP contribution in [0.15, 0.2) is 72.8 Å². The molecule has 5 rings (SSSR count). The number of nitrogens with one attached hydrogen (secondary N) is 2. The van der Waals surface area contributed by atoms with Crippen LogP contribution in [0.4, 0.5) is 10.1 Å². The van der Waals surface area contributed by atoms with E-state index >= 15 is 0 Å². The first kappa shape index (κ1) is 22.1. The van der Waals surface area contributed by atoms with Crippen LogP contribution in [-0.2, 0) is 11.2 Å². The Labute approximate surface area is 201 Å². The van der Waals surface area contributed by atoms with Gasteiger partial charge in [-0.15, -0.1) is 0 Å². The minimum absolute atomic E-state index is 0.0867. The van der Waals surface area contributed by atoms with Gasteiger partial charge in [0, 0.05) is 33.4 Å². The van der Waals surface area contributed by atoms with Gasteiger partial charge in [-0.25, -0.2) is 9.37 Å². The maximum absolute atomic E-state index is 14.1. The number of aromatic amines is 1. The lowest BCUT2D eigenvalue weighted by Gasteiger charge is -2.08. The average Bonchev–Trinajstić information content (AvgIpc) is 3.19. The summed E-state index contributed by atoms with van der Waals surface area (Å²) in [5.41, 5.74) is 5.99. The van der Waals surface area contributed by atoms with E-state index in [1.807, 2.05) is 55.5 Å². The number of halogens is 2. The van der Waals surface area contributed by atoms with E-state index in [1.165, 1.54) is 6.07 Å². The number of carbonyl (C=O) groups is 1. The molecule has 0 spiro atoms. The van der Waals surface area contributed by atoms with Crippen LogP contribution in [-0.4, -0.2) is 15.9 Å². The summed E-state index contributed by atoms with van der Waals surface area (Å²) in [7, 11) is 0. The Morgan fingerprint density at radius 2 is 1.91 bits per heavy atom. The Balaban J connectivity index is 1.39. The van der Waals surface area contributed by atoms with E-state index in [9.17, 15) is 9.18 Å². The third-order valence-electron chi connectivity index (χ3n) is 6.01. The molecule has 0 unspecified atom stereocenters. The molecule has 0 aliphatic carbocycles. The fourth-order valence-electron chi connectivity index (χ4n) is 4.22. The van der Waals surface area contributed by atoms with Gasteiger partial charge in [-0.3, -0.25) is 4.79 Å². The van der Waals surface area contributed by atoms with E-state index in [-0.39, 0.29) is 11.7 Å². The second-order valence-electron chi connectivity index (χ2n) is 8.42. The van der Waals surface area contributed by atoms with Crippen LogP contribution < -0.4 is 5.32 Å². The summed E-state index contributed by atoms with van der Waals surface area (Å²) in [4.78, 5) is 20.8. The summed E-state index contributed by atoms with van der Waals surface area (Å²) in [5.74, 6) is -0.379. The Bertz CT molecular complexity index is 1530. The maximum atomic E-state index is 14.1. The summed E-state index contributed by atoms with van der Waals surface area (Å²) in [5, 5.41) is 5.39. The number of H-pyrrole nitrogens is 1. The number of fused-ring (bicyclic) bond motifs is 2. The van der Waals surface area contributed by atoms with E-state index in [0.29, 0.717) is 30.0 Å². The van der Waals surface area contributed by atoms with E-state index in [4.69, 9.17) is 16.6 Å². The molecule has 0 radical (unpaired) electrons. The summed E-state index contributed by atoms with van der Waals surface area (Å²) >= 11 is 6.16. The SMILES string of the molecule is Cc1ccc(NC(=O)CCCc2c(-c3ccc4ccccc4n3)[nH]c3ccc(F)cc23)cc1Cl. The molecule has 0 aliphatic rings. The minimum atomic E-state index is -0.292. The van der Waals surface area contributed by atoms with Crippen molar-refractivity contribution in [2.45, 2.75) is 26.2 Å². The fraction of sp³-hybridized carbons (Fsp3) is 0.143. The minimum Gasteiger partial charge on any atom is -0.353 e. The fourth-order valence-corrected chi connectivity index (χ4v) is 4.40. The number of hydrogen-bond acceptors (Lipinski definition) is 2. The van der Waals surface area contributed by atoms with Crippen LogP contribution in [0, 0.1) is 12.7 Å². The highest BCUT2D eigenvalue weighted by Crippen LogP contribution is 2.32. The van der Waals surface area contributed by atoms with Crippen LogP contribution in [0.3, 0.4) is 0 Å². The Morgan fingerprint density at radius 3 is 2.76 bits per heavy atom. The zero-order valence-electron chi connectivity index (χ0n) is 18.7. The Kier molecular flexibility index (Phi) is 6.03. The van der Waals surface area contributed by atoms with Gasteiger partial charge >= 0.3 is 0 Å². The molecule has 6 heteroatoms. The predicted octanol–water partition coefficient (Wildman–Crippen LogP) is 7.45. The van der Waals surface area contributed by atoms with Gasteiger partial charge < -0.3 is 10.3 Å². The topological polar surface area (TPSA) is 57.8 Å². The first-order chi connectivity index (χ1) is 16.5. The van der Waals surface area contributed by atoms with Gasteiger partial charge in [-0.2, -0.15) is 0 Å². The molecule has 2 N–H and O–H groups in total. The highest BCUT2D eigenvalue weighted by atomic mass is 35.5. The second-order valence-corrected chi connectivity index (χ2v) is 8.83. The molecule has 2 heterocycles. The average molecular weight is 472 g/mol. The van der Waals surface area contributed by atoms with E-state index < -0.39 is 0 Å². The van der Waals surface area contributed by atoms with Crippen molar-refractivity contribution in [3.05, 3.63) is 94.8 Å². The first-order valence-electron chi connectivity index (χ1n) is 11.2. The number of aryl methyl sites for hydroxylation is 2. The standard InChI is InChI=1S/C28H23ClFN3O/c1-17-9-12-20(16-23(17)29)31-27(34)8-4-6-21-22-15-19(30)11-14-25(22)33-28(21)26-13-10-18-5-2-3-7-24(18)32-26/h2-3,5,7,9-16,33H,4,6,8H2,1H3,(H,31,34). The number of para-hydroxylation sites is 1. The summed E-state index contributed by atoms with van der Waals surface area (Å²) in [6.45, 7) is 1.92. The van der Waals surface area contributed by atoms with Gasteiger partial charge in [-0.1, -0.05) is 41.9 Å². The lowest BCUT2D eigenvalue weighted by Crippen LogP contribution is -2.11. The number of amides is 1. The number of hydrogen-bond donors (Lipinski definition) is 2. The van der Waals surface area contributed by atoms with Crippen molar-refractivity contribution < 1.29 is 9.18 Å². The number of benzene rings is 3. The van der Waals surface area contributed by atoms with Crippen LogP contribution in [0.1, 0.15) is 24.0 Å². The van der Waals surface area contributed by atoms with Gasteiger partial charge in [-0.05, 0) is 73.4 Å². The molecule has 0 bridgehead atoms. The second kappa shape index (κ2) is 9.27. The molecule has 2 aromatic heterocycles. The van der Waals surface area contributed by atoms with Gasteiger partial charge in [0.05, 0.1) is 16.9 Å². The zero-order chi connectivity index (χ0) is 23.7. The number of pyridine rings is 1.